The Kier molecular flexibility index (Phi) is 5.88. The van der Waals surface area contributed by atoms with Crippen molar-refractivity contribution in [3.63, 3.8) is 0 Å². The normalized spacial score (nSPS) is 11.8. The number of carbonyl (C=O) groups is 1. The topological polar surface area (TPSA) is 44.1 Å². The highest BCUT2D eigenvalue weighted by atomic mass is 16.5. The molecule has 32 heavy (non-hydrogen) atoms. The second-order valence-electron chi connectivity index (χ2n) is 9.49. The van der Waals surface area contributed by atoms with Gasteiger partial charge in [-0.1, -0.05) is 69.3 Å². The molecule has 0 saturated carbocycles. The molecule has 0 spiro atoms. The summed E-state index contributed by atoms with van der Waals surface area (Å²) in [5, 5.41) is 0. The molecule has 0 N–H and O–H groups in total. The number of hydrogen-bond donors (Lipinski definition) is 0. The highest BCUT2D eigenvalue weighted by molar-refractivity contribution is 5.89. The molecule has 0 aliphatic carbocycles. The standard InChI is InChI=1S/C28H30N2O2/c1-19(2)32-27(31)22-12-10-20(11-13-22)18-30-25-9-7-6-8-24(25)29-26(30)21-14-16-23(17-15-21)28(3,4)5/h6-17,19H,18H2,1-5H3. The average Bonchev–Trinajstić information content (AvgIpc) is 3.12. The van der Waals surface area contributed by atoms with E-state index in [0.717, 1.165) is 28.0 Å². The number of esters is 1. The number of carbonyl (C=O) groups excluding carboxylic acids is 1. The van der Waals surface area contributed by atoms with E-state index in [4.69, 9.17) is 9.72 Å². The third-order valence-electron chi connectivity index (χ3n) is 5.54. The summed E-state index contributed by atoms with van der Waals surface area (Å²) in [4.78, 5) is 17.1. The SMILES string of the molecule is CC(C)OC(=O)c1ccc(Cn2c(-c3ccc(C(C)(C)C)cc3)nc3ccccc32)cc1. The first kappa shape index (κ1) is 21.8. The van der Waals surface area contributed by atoms with Crippen LogP contribution in [0.2, 0.25) is 0 Å². The van der Waals surface area contributed by atoms with E-state index < -0.39 is 0 Å². The van der Waals surface area contributed by atoms with Crippen LogP contribution in [0.15, 0.2) is 72.8 Å². The zero-order chi connectivity index (χ0) is 22.9. The summed E-state index contributed by atoms with van der Waals surface area (Å²) in [7, 11) is 0. The smallest absolute Gasteiger partial charge is 0.338 e. The molecule has 1 heterocycles. The van der Waals surface area contributed by atoms with Crippen molar-refractivity contribution >= 4 is 17.0 Å². The Morgan fingerprint density at radius 1 is 0.938 bits per heavy atom. The molecular weight excluding hydrogens is 396 g/mol. The van der Waals surface area contributed by atoms with Crippen molar-refractivity contribution in [3.8, 4) is 11.4 Å². The van der Waals surface area contributed by atoms with Crippen molar-refractivity contribution in [2.75, 3.05) is 0 Å². The fourth-order valence-corrected chi connectivity index (χ4v) is 3.79. The maximum atomic E-state index is 12.2. The molecule has 0 aliphatic rings. The minimum atomic E-state index is -0.292. The molecule has 0 fully saturated rings. The van der Waals surface area contributed by atoms with Crippen molar-refractivity contribution in [1.29, 1.82) is 0 Å². The van der Waals surface area contributed by atoms with E-state index in [0.29, 0.717) is 12.1 Å². The predicted octanol–water partition coefficient (Wildman–Crippen LogP) is 6.61. The van der Waals surface area contributed by atoms with E-state index in [1.165, 1.54) is 5.56 Å². The Bertz CT molecular complexity index is 1230. The molecular formula is C28H30N2O2. The number of benzene rings is 3. The lowest BCUT2D eigenvalue weighted by molar-refractivity contribution is 0.0378. The molecule has 3 aromatic carbocycles. The lowest BCUT2D eigenvalue weighted by Gasteiger charge is -2.19. The van der Waals surface area contributed by atoms with Crippen LogP contribution in [0.25, 0.3) is 22.4 Å². The Balaban J connectivity index is 1.69. The summed E-state index contributed by atoms with van der Waals surface area (Å²) < 4.78 is 7.53. The van der Waals surface area contributed by atoms with E-state index in [1.54, 1.807) is 0 Å². The van der Waals surface area contributed by atoms with Crippen LogP contribution in [0, 0.1) is 0 Å². The Morgan fingerprint density at radius 3 is 2.22 bits per heavy atom. The molecule has 0 atom stereocenters. The number of nitrogens with zero attached hydrogens (tertiary/aromatic N) is 2. The van der Waals surface area contributed by atoms with E-state index >= 15 is 0 Å². The fourth-order valence-electron chi connectivity index (χ4n) is 3.79. The van der Waals surface area contributed by atoms with Gasteiger partial charge >= 0.3 is 5.97 Å². The van der Waals surface area contributed by atoms with Gasteiger partial charge in [0.2, 0.25) is 0 Å². The second kappa shape index (κ2) is 8.62. The lowest BCUT2D eigenvalue weighted by atomic mass is 9.87. The van der Waals surface area contributed by atoms with Crippen LogP contribution in [-0.4, -0.2) is 21.6 Å². The van der Waals surface area contributed by atoms with Gasteiger partial charge in [0.1, 0.15) is 5.82 Å². The third kappa shape index (κ3) is 4.59. The molecule has 4 rings (SSSR count). The van der Waals surface area contributed by atoms with Gasteiger partial charge in [-0.05, 0) is 54.7 Å². The first-order chi connectivity index (χ1) is 15.2. The number of ether oxygens (including phenoxy) is 1. The van der Waals surface area contributed by atoms with Crippen molar-refractivity contribution in [2.24, 2.45) is 0 Å². The zero-order valence-electron chi connectivity index (χ0n) is 19.4. The number of hydrogen-bond acceptors (Lipinski definition) is 3. The van der Waals surface area contributed by atoms with Crippen molar-refractivity contribution in [3.05, 3.63) is 89.5 Å². The van der Waals surface area contributed by atoms with Gasteiger partial charge in [0.15, 0.2) is 0 Å². The van der Waals surface area contributed by atoms with Crippen LogP contribution in [0.4, 0.5) is 0 Å². The number of aromatic nitrogens is 2. The Labute approximate surface area is 189 Å². The monoisotopic (exact) mass is 426 g/mol. The highest BCUT2D eigenvalue weighted by Crippen LogP contribution is 2.29. The van der Waals surface area contributed by atoms with Gasteiger partial charge in [0.05, 0.1) is 22.7 Å². The third-order valence-corrected chi connectivity index (χ3v) is 5.54. The number of fused-ring (bicyclic) bond motifs is 1. The summed E-state index contributed by atoms with van der Waals surface area (Å²) in [6.45, 7) is 11.0. The van der Waals surface area contributed by atoms with Crippen molar-refractivity contribution in [1.82, 2.24) is 9.55 Å². The number of rotatable bonds is 5. The van der Waals surface area contributed by atoms with E-state index in [1.807, 2.05) is 56.3 Å². The largest absolute Gasteiger partial charge is 0.459 e. The molecule has 0 radical (unpaired) electrons. The average molecular weight is 427 g/mol. The summed E-state index contributed by atoms with van der Waals surface area (Å²) in [5.74, 6) is 0.647. The van der Waals surface area contributed by atoms with Gasteiger partial charge in [0, 0.05) is 12.1 Å². The Morgan fingerprint density at radius 2 is 1.59 bits per heavy atom. The summed E-state index contributed by atoms with van der Waals surface area (Å²) in [6, 6.07) is 24.5. The molecule has 0 bridgehead atoms. The summed E-state index contributed by atoms with van der Waals surface area (Å²) in [5.41, 5.74) is 6.22. The van der Waals surface area contributed by atoms with E-state index in [2.05, 4.69) is 55.7 Å². The van der Waals surface area contributed by atoms with Crippen LogP contribution in [0.3, 0.4) is 0 Å². The van der Waals surface area contributed by atoms with Crippen LogP contribution in [0.5, 0.6) is 0 Å². The highest BCUT2D eigenvalue weighted by Gasteiger charge is 2.17. The van der Waals surface area contributed by atoms with Gasteiger partial charge in [-0.2, -0.15) is 0 Å². The minimum Gasteiger partial charge on any atom is -0.459 e. The lowest BCUT2D eigenvalue weighted by Crippen LogP contribution is -2.11. The summed E-state index contributed by atoms with van der Waals surface area (Å²) >= 11 is 0. The van der Waals surface area contributed by atoms with Gasteiger partial charge in [0.25, 0.3) is 0 Å². The molecule has 0 amide bonds. The zero-order valence-corrected chi connectivity index (χ0v) is 19.4. The first-order valence-corrected chi connectivity index (χ1v) is 11.1. The number of imidazole rings is 1. The van der Waals surface area contributed by atoms with Crippen LogP contribution < -0.4 is 0 Å². The van der Waals surface area contributed by atoms with E-state index in [9.17, 15) is 4.79 Å². The molecule has 164 valence electrons. The molecule has 4 nitrogen and oxygen atoms in total. The molecule has 4 heteroatoms. The Hall–Kier alpha value is -3.40. The number of para-hydroxylation sites is 2. The van der Waals surface area contributed by atoms with Crippen molar-refractivity contribution < 1.29 is 9.53 Å². The van der Waals surface area contributed by atoms with Crippen molar-refractivity contribution in [2.45, 2.75) is 52.7 Å². The van der Waals surface area contributed by atoms with Crippen LogP contribution in [-0.2, 0) is 16.7 Å². The first-order valence-electron chi connectivity index (χ1n) is 11.1. The molecule has 0 unspecified atom stereocenters. The fraction of sp³-hybridized carbons (Fsp3) is 0.286. The molecule has 1 aromatic heterocycles. The van der Waals surface area contributed by atoms with Gasteiger partial charge in [-0.25, -0.2) is 9.78 Å². The van der Waals surface area contributed by atoms with Gasteiger partial charge < -0.3 is 9.30 Å². The van der Waals surface area contributed by atoms with Gasteiger partial charge in [-0.3, -0.25) is 0 Å². The van der Waals surface area contributed by atoms with Crippen LogP contribution >= 0.6 is 0 Å². The van der Waals surface area contributed by atoms with Gasteiger partial charge in [-0.15, -0.1) is 0 Å². The molecule has 4 aromatic rings. The quantitative estimate of drug-likeness (QED) is 0.337. The molecule has 0 aliphatic heterocycles. The second-order valence-corrected chi connectivity index (χ2v) is 9.49. The maximum absolute atomic E-state index is 12.2. The maximum Gasteiger partial charge on any atom is 0.338 e. The predicted molar refractivity (Wildman–Crippen MR) is 130 cm³/mol. The van der Waals surface area contributed by atoms with Crippen LogP contribution in [0.1, 0.15) is 56.1 Å². The molecule has 0 saturated heterocycles. The van der Waals surface area contributed by atoms with E-state index in [-0.39, 0.29) is 17.5 Å². The summed E-state index contributed by atoms with van der Waals surface area (Å²) in [6.07, 6.45) is -0.133. The minimum absolute atomic E-state index is 0.108.